The summed E-state index contributed by atoms with van der Waals surface area (Å²) in [4.78, 5) is 0. The van der Waals surface area contributed by atoms with Crippen LogP contribution in [0, 0.1) is 0 Å². The molecule has 0 saturated carbocycles. The molecule has 0 bridgehead atoms. The SMILES string of the molecule is [Br-].[Mg+][CH]1C=CC1. The molecule has 0 radical (unpaired) electrons. The fourth-order valence-corrected chi connectivity index (χ4v) is 0.713. The maximum absolute atomic E-state index is 2.23. The van der Waals surface area contributed by atoms with Crippen molar-refractivity contribution in [2.75, 3.05) is 0 Å². The van der Waals surface area contributed by atoms with E-state index < -0.39 is 0 Å². The van der Waals surface area contributed by atoms with Gasteiger partial charge in [-0.05, 0) is 0 Å². The van der Waals surface area contributed by atoms with E-state index in [-0.39, 0.29) is 17.0 Å². The van der Waals surface area contributed by atoms with Crippen LogP contribution in [-0.4, -0.2) is 21.7 Å². The van der Waals surface area contributed by atoms with Crippen LogP contribution < -0.4 is 17.0 Å². The van der Waals surface area contributed by atoms with Crippen molar-refractivity contribution in [2.24, 2.45) is 0 Å². The molecule has 0 aromatic carbocycles. The van der Waals surface area contributed by atoms with E-state index in [1.807, 2.05) is 0 Å². The molecule has 1 aliphatic rings. The minimum absolute atomic E-state index is 0. The van der Waals surface area contributed by atoms with Crippen LogP contribution in [0.1, 0.15) is 6.42 Å². The second-order valence-corrected chi connectivity index (χ2v) is 2.47. The van der Waals surface area contributed by atoms with Crippen molar-refractivity contribution in [3.63, 3.8) is 0 Å². The Bertz CT molecular complexity index is 60.6. The van der Waals surface area contributed by atoms with Crippen molar-refractivity contribution in [2.45, 2.75) is 10.5 Å². The van der Waals surface area contributed by atoms with Crippen molar-refractivity contribution in [3.8, 4) is 0 Å². The zero-order valence-corrected chi connectivity index (χ0v) is 6.52. The van der Waals surface area contributed by atoms with E-state index in [1.165, 1.54) is 6.42 Å². The molecule has 0 heterocycles. The Morgan fingerprint density at radius 2 is 2.00 bits per heavy atom. The molecule has 2 heteroatoms. The number of allylic oxidation sites excluding steroid dienone is 2. The second-order valence-electron chi connectivity index (χ2n) is 1.42. The number of hydrogen-bond donors (Lipinski definition) is 0. The minimum atomic E-state index is 0. The third-order valence-electron chi connectivity index (χ3n) is 0.847. The van der Waals surface area contributed by atoms with E-state index in [9.17, 15) is 0 Å². The van der Waals surface area contributed by atoms with Crippen LogP contribution in [0.25, 0.3) is 0 Å². The van der Waals surface area contributed by atoms with E-state index in [0.29, 0.717) is 0 Å². The number of halogens is 1. The van der Waals surface area contributed by atoms with Gasteiger partial charge in [0.1, 0.15) is 0 Å². The summed E-state index contributed by atoms with van der Waals surface area (Å²) in [7, 11) is 0. The Hall–Kier alpha value is 0.986. The third kappa shape index (κ3) is 1.62. The predicted molar refractivity (Wildman–Crippen MR) is 23.3 cm³/mol. The molecule has 0 fully saturated rings. The van der Waals surface area contributed by atoms with Gasteiger partial charge in [0, 0.05) is 0 Å². The Morgan fingerprint density at radius 3 is 2.00 bits per heavy atom. The Morgan fingerprint density at radius 1 is 1.67 bits per heavy atom. The van der Waals surface area contributed by atoms with Gasteiger partial charge in [0.25, 0.3) is 0 Å². The maximum atomic E-state index is 2.23. The van der Waals surface area contributed by atoms with Crippen LogP contribution in [0.5, 0.6) is 0 Å². The average molecular weight is 157 g/mol. The number of rotatable bonds is 0. The van der Waals surface area contributed by atoms with Gasteiger partial charge in [0.15, 0.2) is 0 Å². The predicted octanol–water partition coefficient (Wildman–Crippen LogP) is -2.09. The molecule has 0 aromatic heterocycles. The summed E-state index contributed by atoms with van der Waals surface area (Å²) in [5, 5.41) is 0. The molecule has 0 aromatic rings. The molecule has 1 atom stereocenters. The Balaban J connectivity index is 0.000000250. The first-order chi connectivity index (χ1) is 2.39. The first-order valence-corrected chi connectivity index (χ1v) is 2.71. The molecule has 1 rings (SSSR count). The fourth-order valence-electron chi connectivity index (χ4n) is 0.329. The van der Waals surface area contributed by atoms with Gasteiger partial charge < -0.3 is 17.0 Å². The van der Waals surface area contributed by atoms with Crippen molar-refractivity contribution in [1.29, 1.82) is 0 Å². The van der Waals surface area contributed by atoms with Gasteiger partial charge in [-0.15, -0.1) is 0 Å². The topological polar surface area (TPSA) is 0 Å². The van der Waals surface area contributed by atoms with Gasteiger partial charge in [-0.2, -0.15) is 0 Å². The van der Waals surface area contributed by atoms with Crippen molar-refractivity contribution < 1.29 is 17.0 Å². The van der Waals surface area contributed by atoms with Gasteiger partial charge in [0.05, 0.1) is 0 Å². The molecule has 30 valence electrons. The Labute approximate surface area is 61.2 Å². The van der Waals surface area contributed by atoms with Crippen molar-refractivity contribution in [1.82, 2.24) is 0 Å². The molecule has 0 aliphatic heterocycles. The first kappa shape index (κ1) is 6.99. The van der Waals surface area contributed by atoms with E-state index in [0.717, 1.165) is 4.05 Å². The monoisotopic (exact) mass is 156 g/mol. The Kier molecular flexibility index (Phi) is 3.55. The summed E-state index contributed by atoms with van der Waals surface area (Å²) >= 11 is 2.05. The van der Waals surface area contributed by atoms with E-state index in [4.69, 9.17) is 0 Å². The summed E-state index contributed by atoms with van der Waals surface area (Å²) in [6, 6.07) is 0. The van der Waals surface area contributed by atoms with Crippen molar-refractivity contribution >= 4 is 21.7 Å². The molecular weight excluding hydrogens is 152 g/mol. The molecule has 0 amide bonds. The summed E-state index contributed by atoms with van der Waals surface area (Å²) in [5.41, 5.74) is 0. The first-order valence-electron chi connectivity index (χ1n) is 1.89. The van der Waals surface area contributed by atoms with Gasteiger partial charge >= 0.3 is 44.3 Å². The van der Waals surface area contributed by atoms with Crippen LogP contribution >= 0.6 is 0 Å². The van der Waals surface area contributed by atoms with Crippen LogP contribution in [0.2, 0.25) is 4.05 Å². The van der Waals surface area contributed by atoms with Crippen LogP contribution in [0.4, 0.5) is 0 Å². The molecule has 0 spiro atoms. The zero-order chi connectivity index (χ0) is 3.70. The second kappa shape index (κ2) is 3.05. The van der Waals surface area contributed by atoms with Crippen LogP contribution in [0.3, 0.4) is 0 Å². The average Bonchev–Trinajstić information content (AvgIpc) is 1.30. The quantitative estimate of drug-likeness (QED) is 0.279. The van der Waals surface area contributed by atoms with E-state index in [2.05, 4.69) is 33.9 Å². The summed E-state index contributed by atoms with van der Waals surface area (Å²) < 4.78 is 0.912. The normalized spacial score (nSPS) is 28.0. The summed E-state index contributed by atoms with van der Waals surface area (Å²) in [6.07, 6.45) is 5.76. The van der Waals surface area contributed by atoms with Crippen LogP contribution in [0.15, 0.2) is 12.2 Å². The molecule has 0 saturated heterocycles. The third-order valence-corrected chi connectivity index (χ3v) is 1.45. The number of hydrogen-bond acceptors (Lipinski definition) is 0. The van der Waals surface area contributed by atoms with Gasteiger partial charge in [0.2, 0.25) is 0 Å². The molecular formula is C4H5BrMg. The molecule has 1 aliphatic carbocycles. The molecule has 0 N–H and O–H groups in total. The van der Waals surface area contributed by atoms with Crippen molar-refractivity contribution in [3.05, 3.63) is 12.2 Å². The van der Waals surface area contributed by atoms with E-state index in [1.54, 1.807) is 0 Å². The van der Waals surface area contributed by atoms with Gasteiger partial charge in [-0.25, -0.2) is 0 Å². The van der Waals surface area contributed by atoms with Gasteiger partial charge in [-0.3, -0.25) is 0 Å². The fraction of sp³-hybridized carbons (Fsp3) is 0.500. The van der Waals surface area contributed by atoms with Crippen LogP contribution in [-0.2, 0) is 0 Å². The molecule has 0 nitrogen and oxygen atoms in total. The zero-order valence-electron chi connectivity index (χ0n) is 3.52. The molecule has 1 unspecified atom stereocenters. The van der Waals surface area contributed by atoms with E-state index >= 15 is 0 Å². The van der Waals surface area contributed by atoms with Gasteiger partial charge in [-0.1, -0.05) is 0 Å². The summed E-state index contributed by atoms with van der Waals surface area (Å²) in [6.45, 7) is 0. The standard InChI is InChI=1S/C4H5.BrH.Mg/c1-2-4-3-1;;/h1-3H,4H2;1H;/q;;+1/p-1. The molecule has 6 heavy (non-hydrogen) atoms. The summed E-state index contributed by atoms with van der Waals surface area (Å²) in [5.74, 6) is 0.